The van der Waals surface area contributed by atoms with Crippen LogP contribution in [0.5, 0.6) is 0 Å². The first-order valence-electron chi connectivity index (χ1n) is 3.76. The second kappa shape index (κ2) is 4.07. The van der Waals surface area contributed by atoms with Gasteiger partial charge in [-0.25, -0.2) is 0 Å². The predicted molar refractivity (Wildman–Crippen MR) is 45.6 cm³/mol. The van der Waals surface area contributed by atoms with Gasteiger partial charge in [-0.1, -0.05) is 15.9 Å². The summed E-state index contributed by atoms with van der Waals surface area (Å²) < 4.78 is 0. The number of nitrogens with zero attached hydrogens (tertiary/aromatic N) is 1. The molecule has 0 aromatic carbocycles. The molecular weight excluding hydrogens is 210 g/mol. The number of hydrogen-bond acceptors (Lipinski definition) is 2. The summed E-state index contributed by atoms with van der Waals surface area (Å²) in [6, 6.07) is 0.0695. The molecule has 0 saturated carbocycles. The molecule has 1 rings (SSSR count). The van der Waals surface area contributed by atoms with E-state index in [1.807, 2.05) is 0 Å². The van der Waals surface area contributed by atoms with Gasteiger partial charge in [0.25, 0.3) is 0 Å². The van der Waals surface area contributed by atoms with E-state index in [9.17, 15) is 4.79 Å². The minimum atomic E-state index is 0.0695. The quantitative estimate of drug-likeness (QED) is 0.685. The average Bonchev–Trinajstić information content (AvgIpc) is 2.50. The van der Waals surface area contributed by atoms with E-state index in [4.69, 9.17) is 5.11 Å². The van der Waals surface area contributed by atoms with Gasteiger partial charge in [0, 0.05) is 6.54 Å². The Morgan fingerprint density at radius 3 is 3.00 bits per heavy atom. The number of halogens is 1. The standard InChI is InChI=1S/C7H12BrNO2/c8-4-7(11)9-3-1-2-6(9)5-10/h6,10H,1-5H2/t6-/m1/s1. The molecule has 0 unspecified atom stereocenters. The molecular formula is C7H12BrNO2. The lowest BCUT2D eigenvalue weighted by Gasteiger charge is -2.21. The fourth-order valence-electron chi connectivity index (χ4n) is 1.43. The fourth-order valence-corrected chi connectivity index (χ4v) is 1.75. The Labute approximate surface area is 74.5 Å². The van der Waals surface area contributed by atoms with Crippen molar-refractivity contribution in [3.05, 3.63) is 0 Å². The van der Waals surface area contributed by atoms with Crippen molar-refractivity contribution in [2.45, 2.75) is 18.9 Å². The van der Waals surface area contributed by atoms with Gasteiger partial charge in [-0.3, -0.25) is 4.79 Å². The van der Waals surface area contributed by atoms with E-state index in [2.05, 4.69) is 15.9 Å². The van der Waals surface area contributed by atoms with Crippen LogP contribution >= 0.6 is 15.9 Å². The maximum Gasteiger partial charge on any atom is 0.233 e. The van der Waals surface area contributed by atoms with E-state index in [0.717, 1.165) is 19.4 Å². The van der Waals surface area contributed by atoms with Crippen LogP contribution in [0, 0.1) is 0 Å². The molecule has 0 aromatic rings. The molecule has 0 aliphatic carbocycles. The van der Waals surface area contributed by atoms with Gasteiger partial charge in [0.2, 0.25) is 5.91 Å². The summed E-state index contributed by atoms with van der Waals surface area (Å²) in [5, 5.41) is 9.24. The molecule has 1 atom stereocenters. The van der Waals surface area contributed by atoms with Gasteiger partial charge in [0.15, 0.2) is 0 Å². The summed E-state index contributed by atoms with van der Waals surface area (Å²) in [5.74, 6) is 0.0848. The Balaban J connectivity index is 2.49. The lowest BCUT2D eigenvalue weighted by molar-refractivity contribution is -0.129. The summed E-state index contributed by atoms with van der Waals surface area (Å²) in [4.78, 5) is 12.9. The molecule has 0 spiro atoms. The molecule has 1 saturated heterocycles. The van der Waals surface area contributed by atoms with Gasteiger partial charge in [0.1, 0.15) is 0 Å². The first kappa shape index (κ1) is 9.00. The molecule has 1 aliphatic rings. The maximum atomic E-state index is 11.2. The maximum absolute atomic E-state index is 11.2. The van der Waals surface area contributed by atoms with Crippen molar-refractivity contribution in [3.63, 3.8) is 0 Å². The Kier molecular flexibility index (Phi) is 3.33. The van der Waals surface area contributed by atoms with Gasteiger partial charge >= 0.3 is 0 Å². The van der Waals surface area contributed by atoms with Crippen LogP contribution in [0.15, 0.2) is 0 Å². The Morgan fingerprint density at radius 1 is 1.73 bits per heavy atom. The van der Waals surface area contributed by atoms with Gasteiger partial charge in [-0.15, -0.1) is 0 Å². The van der Waals surface area contributed by atoms with Crippen LogP contribution in [0.4, 0.5) is 0 Å². The van der Waals surface area contributed by atoms with E-state index in [1.165, 1.54) is 0 Å². The van der Waals surface area contributed by atoms with Gasteiger partial charge in [-0.2, -0.15) is 0 Å². The van der Waals surface area contributed by atoms with Crippen LogP contribution in [-0.2, 0) is 4.79 Å². The lowest BCUT2D eigenvalue weighted by atomic mass is 10.2. The summed E-state index contributed by atoms with van der Waals surface area (Å²) >= 11 is 3.11. The summed E-state index contributed by atoms with van der Waals surface area (Å²) in [6.45, 7) is 0.897. The number of aliphatic hydroxyl groups excluding tert-OH is 1. The molecule has 1 amide bonds. The fraction of sp³-hybridized carbons (Fsp3) is 0.857. The number of hydrogen-bond donors (Lipinski definition) is 1. The largest absolute Gasteiger partial charge is 0.394 e. The highest BCUT2D eigenvalue weighted by Gasteiger charge is 2.26. The van der Waals surface area contributed by atoms with Crippen molar-refractivity contribution >= 4 is 21.8 Å². The van der Waals surface area contributed by atoms with Crippen LogP contribution in [0.25, 0.3) is 0 Å². The predicted octanol–water partition coefficient (Wildman–Crippen LogP) is 0.365. The van der Waals surface area contributed by atoms with Crippen LogP contribution in [0.3, 0.4) is 0 Å². The number of aliphatic hydroxyl groups is 1. The van der Waals surface area contributed by atoms with E-state index in [1.54, 1.807) is 4.90 Å². The number of amides is 1. The normalized spacial score (nSPS) is 24.2. The van der Waals surface area contributed by atoms with Crippen molar-refractivity contribution < 1.29 is 9.90 Å². The Morgan fingerprint density at radius 2 is 2.45 bits per heavy atom. The molecule has 64 valence electrons. The molecule has 1 heterocycles. The first-order valence-corrected chi connectivity index (χ1v) is 4.88. The number of carbonyl (C=O) groups is 1. The highest BCUT2D eigenvalue weighted by atomic mass is 79.9. The lowest BCUT2D eigenvalue weighted by Crippen LogP contribution is -2.38. The minimum Gasteiger partial charge on any atom is -0.394 e. The van der Waals surface area contributed by atoms with Crippen LogP contribution in [0.1, 0.15) is 12.8 Å². The number of carbonyl (C=O) groups excluding carboxylic acids is 1. The van der Waals surface area contributed by atoms with Crippen LogP contribution in [-0.4, -0.2) is 40.4 Å². The summed E-state index contributed by atoms with van der Waals surface area (Å²) in [6.07, 6.45) is 1.96. The zero-order chi connectivity index (χ0) is 8.27. The molecule has 11 heavy (non-hydrogen) atoms. The molecule has 1 N–H and O–H groups in total. The molecule has 0 aromatic heterocycles. The van der Waals surface area contributed by atoms with Gasteiger partial charge in [0.05, 0.1) is 18.0 Å². The van der Waals surface area contributed by atoms with Gasteiger partial charge in [-0.05, 0) is 12.8 Å². The topological polar surface area (TPSA) is 40.5 Å². The zero-order valence-corrected chi connectivity index (χ0v) is 7.88. The third-order valence-electron chi connectivity index (χ3n) is 2.02. The number of rotatable bonds is 2. The highest BCUT2D eigenvalue weighted by Crippen LogP contribution is 2.16. The van der Waals surface area contributed by atoms with Crippen molar-refractivity contribution in [1.29, 1.82) is 0 Å². The van der Waals surface area contributed by atoms with E-state index in [0.29, 0.717) is 5.33 Å². The second-order valence-corrected chi connectivity index (χ2v) is 3.26. The molecule has 1 fully saturated rings. The third kappa shape index (κ3) is 1.93. The first-order chi connectivity index (χ1) is 5.29. The monoisotopic (exact) mass is 221 g/mol. The SMILES string of the molecule is O=C(CBr)N1CCC[C@@H]1CO. The average molecular weight is 222 g/mol. The smallest absolute Gasteiger partial charge is 0.233 e. The molecule has 3 nitrogen and oxygen atoms in total. The number of likely N-dealkylation sites (tertiary alicyclic amines) is 1. The summed E-state index contributed by atoms with van der Waals surface area (Å²) in [5.41, 5.74) is 0. The van der Waals surface area contributed by atoms with E-state index < -0.39 is 0 Å². The van der Waals surface area contributed by atoms with Gasteiger partial charge < -0.3 is 10.0 Å². The molecule has 4 heteroatoms. The summed E-state index contributed by atoms with van der Waals surface area (Å²) in [7, 11) is 0. The van der Waals surface area contributed by atoms with Crippen molar-refractivity contribution in [2.24, 2.45) is 0 Å². The van der Waals surface area contributed by atoms with E-state index in [-0.39, 0.29) is 18.6 Å². The van der Waals surface area contributed by atoms with Crippen molar-refractivity contribution in [2.75, 3.05) is 18.5 Å². The third-order valence-corrected chi connectivity index (χ3v) is 2.50. The highest BCUT2D eigenvalue weighted by molar-refractivity contribution is 9.09. The second-order valence-electron chi connectivity index (χ2n) is 2.70. The molecule has 0 bridgehead atoms. The van der Waals surface area contributed by atoms with Crippen molar-refractivity contribution in [3.8, 4) is 0 Å². The van der Waals surface area contributed by atoms with Crippen LogP contribution < -0.4 is 0 Å². The minimum absolute atomic E-state index is 0.0695. The zero-order valence-electron chi connectivity index (χ0n) is 6.29. The van der Waals surface area contributed by atoms with Crippen LogP contribution in [0.2, 0.25) is 0 Å². The van der Waals surface area contributed by atoms with Crippen molar-refractivity contribution in [1.82, 2.24) is 4.90 Å². The Bertz CT molecular complexity index is 151. The van der Waals surface area contributed by atoms with E-state index >= 15 is 0 Å². The Hall–Kier alpha value is -0.0900. The number of alkyl halides is 1. The molecule has 1 aliphatic heterocycles. The molecule has 0 radical (unpaired) electrons.